The maximum absolute atomic E-state index is 11.3. The average Bonchev–Trinajstić information content (AvgIpc) is 3.04. The van der Waals surface area contributed by atoms with Crippen molar-refractivity contribution >= 4 is 11.8 Å². The third-order valence-corrected chi connectivity index (χ3v) is 4.39. The Kier molecular flexibility index (Phi) is 4.76. The average molecular weight is 326 g/mol. The minimum Gasteiger partial charge on any atom is -0.480 e. The van der Waals surface area contributed by atoms with Crippen LogP contribution in [-0.4, -0.2) is 52.9 Å². The maximum atomic E-state index is 11.3. The van der Waals surface area contributed by atoms with E-state index in [1.807, 2.05) is 60.3 Å². The summed E-state index contributed by atoms with van der Waals surface area (Å²) in [6.45, 7) is 1.51. The fourth-order valence-corrected chi connectivity index (χ4v) is 3.03. The quantitative estimate of drug-likeness (QED) is 0.909. The first-order chi connectivity index (χ1) is 11.5. The molecule has 0 spiro atoms. The molecule has 1 aliphatic heterocycles. The monoisotopic (exact) mass is 326 g/mol. The second kappa shape index (κ2) is 6.97. The zero-order chi connectivity index (χ0) is 17.1. The Bertz CT molecular complexity index is 698. The summed E-state index contributed by atoms with van der Waals surface area (Å²) in [5, 5.41) is 17.7. The van der Waals surface area contributed by atoms with Gasteiger partial charge in [-0.3, -0.25) is 9.69 Å². The molecule has 24 heavy (non-hydrogen) atoms. The molecule has 126 valence electrons. The van der Waals surface area contributed by atoms with Crippen molar-refractivity contribution < 1.29 is 9.90 Å². The molecule has 1 fully saturated rings. The van der Waals surface area contributed by atoms with Gasteiger partial charge in [0.05, 0.1) is 5.69 Å². The van der Waals surface area contributed by atoms with Crippen LogP contribution in [0.4, 0.5) is 5.82 Å². The number of aliphatic carboxylic acids is 1. The molecule has 0 bridgehead atoms. The number of likely N-dealkylation sites (tertiary alicyclic amines) is 1. The number of carboxylic acids is 1. The Labute approximate surface area is 141 Å². The van der Waals surface area contributed by atoms with Crippen molar-refractivity contribution in [3.8, 4) is 11.3 Å². The van der Waals surface area contributed by atoms with E-state index in [0.717, 1.165) is 42.0 Å². The molecule has 2 aromatic rings. The van der Waals surface area contributed by atoms with Crippen LogP contribution in [0, 0.1) is 0 Å². The summed E-state index contributed by atoms with van der Waals surface area (Å²) in [4.78, 5) is 15.2. The van der Waals surface area contributed by atoms with Gasteiger partial charge in [0.1, 0.15) is 6.04 Å². The van der Waals surface area contributed by atoms with Gasteiger partial charge in [0.25, 0.3) is 0 Å². The smallest absolute Gasteiger partial charge is 0.320 e. The molecule has 1 N–H and O–H groups in total. The molecule has 1 aromatic heterocycles. The predicted octanol–water partition coefficient (Wildman–Crippen LogP) is 2.26. The Morgan fingerprint density at radius 3 is 2.54 bits per heavy atom. The van der Waals surface area contributed by atoms with E-state index < -0.39 is 5.97 Å². The molecule has 1 aromatic carbocycles. The summed E-state index contributed by atoms with van der Waals surface area (Å²) < 4.78 is 0. The van der Waals surface area contributed by atoms with Gasteiger partial charge in [-0.2, -0.15) is 0 Å². The van der Waals surface area contributed by atoms with E-state index >= 15 is 0 Å². The first-order valence-corrected chi connectivity index (χ1v) is 8.12. The molecule has 0 amide bonds. The molecular weight excluding hydrogens is 304 g/mol. The molecule has 0 radical (unpaired) electrons. The van der Waals surface area contributed by atoms with Crippen molar-refractivity contribution in [2.75, 3.05) is 25.5 Å². The van der Waals surface area contributed by atoms with Gasteiger partial charge in [0.2, 0.25) is 0 Å². The van der Waals surface area contributed by atoms with Crippen LogP contribution >= 0.6 is 0 Å². The fraction of sp³-hybridized carbons (Fsp3) is 0.389. The largest absolute Gasteiger partial charge is 0.480 e. The number of nitrogens with zero attached hydrogens (tertiary/aromatic N) is 4. The van der Waals surface area contributed by atoms with Gasteiger partial charge in [-0.05, 0) is 37.1 Å². The first-order valence-electron chi connectivity index (χ1n) is 8.12. The van der Waals surface area contributed by atoms with Crippen LogP contribution in [0.3, 0.4) is 0 Å². The fourth-order valence-electron chi connectivity index (χ4n) is 3.03. The lowest BCUT2D eigenvalue weighted by Gasteiger charge is -2.21. The van der Waals surface area contributed by atoms with Crippen molar-refractivity contribution in [1.82, 2.24) is 15.1 Å². The topological polar surface area (TPSA) is 69.6 Å². The zero-order valence-corrected chi connectivity index (χ0v) is 14.0. The van der Waals surface area contributed by atoms with Crippen molar-refractivity contribution in [2.24, 2.45) is 0 Å². The van der Waals surface area contributed by atoms with Gasteiger partial charge in [0, 0.05) is 26.2 Å². The summed E-state index contributed by atoms with van der Waals surface area (Å²) >= 11 is 0. The van der Waals surface area contributed by atoms with Gasteiger partial charge < -0.3 is 10.0 Å². The Morgan fingerprint density at radius 1 is 1.21 bits per heavy atom. The highest BCUT2D eigenvalue weighted by Gasteiger charge is 2.30. The Balaban J connectivity index is 1.70. The van der Waals surface area contributed by atoms with Crippen LogP contribution in [0.15, 0.2) is 36.4 Å². The normalized spacial score (nSPS) is 17.8. The number of aromatic nitrogens is 2. The highest BCUT2D eigenvalue weighted by Crippen LogP contribution is 2.22. The molecule has 6 nitrogen and oxygen atoms in total. The molecular formula is C18H22N4O2. The van der Waals surface area contributed by atoms with E-state index in [-0.39, 0.29) is 6.04 Å². The molecule has 6 heteroatoms. The van der Waals surface area contributed by atoms with E-state index in [1.165, 1.54) is 0 Å². The van der Waals surface area contributed by atoms with Crippen molar-refractivity contribution in [1.29, 1.82) is 0 Å². The molecule has 1 atom stereocenters. The number of carboxylic acid groups (broad SMARTS) is 1. The van der Waals surface area contributed by atoms with Crippen LogP contribution in [0.25, 0.3) is 11.3 Å². The number of anilines is 1. The maximum Gasteiger partial charge on any atom is 0.320 e. The third kappa shape index (κ3) is 3.54. The number of rotatable bonds is 5. The van der Waals surface area contributed by atoms with Gasteiger partial charge in [-0.1, -0.05) is 24.3 Å². The molecule has 3 rings (SSSR count). The molecule has 0 aliphatic carbocycles. The van der Waals surface area contributed by atoms with Crippen LogP contribution in [0.5, 0.6) is 0 Å². The van der Waals surface area contributed by atoms with Gasteiger partial charge in [-0.25, -0.2) is 0 Å². The summed E-state index contributed by atoms with van der Waals surface area (Å²) in [5.41, 5.74) is 2.95. The molecule has 2 heterocycles. The van der Waals surface area contributed by atoms with Crippen molar-refractivity contribution in [3.05, 3.63) is 42.0 Å². The zero-order valence-electron chi connectivity index (χ0n) is 14.0. The lowest BCUT2D eigenvalue weighted by Crippen LogP contribution is -2.35. The van der Waals surface area contributed by atoms with Gasteiger partial charge in [0.15, 0.2) is 5.82 Å². The van der Waals surface area contributed by atoms with E-state index in [0.29, 0.717) is 6.54 Å². The minimum atomic E-state index is -0.722. The van der Waals surface area contributed by atoms with E-state index in [4.69, 9.17) is 0 Å². The second-order valence-electron chi connectivity index (χ2n) is 6.33. The third-order valence-electron chi connectivity index (χ3n) is 4.39. The van der Waals surface area contributed by atoms with E-state index in [9.17, 15) is 9.90 Å². The summed E-state index contributed by atoms with van der Waals surface area (Å²) in [7, 11) is 3.86. The molecule has 0 saturated carbocycles. The Hall–Kier alpha value is -2.47. The standard InChI is InChI=1S/C18H22N4O2/c1-21(2)17-10-9-15(19-20-17)14-7-5-13(6-8-14)12-22-11-3-4-16(22)18(23)24/h5-10,16H,3-4,11-12H2,1-2H3,(H,23,24)/t16-/m0/s1. The van der Waals surface area contributed by atoms with Crippen LogP contribution in [0.2, 0.25) is 0 Å². The van der Waals surface area contributed by atoms with Crippen LogP contribution < -0.4 is 4.90 Å². The highest BCUT2D eigenvalue weighted by atomic mass is 16.4. The highest BCUT2D eigenvalue weighted by molar-refractivity contribution is 5.73. The number of carbonyl (C=O) groups is 1. The lowest BCUT2D eigenvalue weighted by molar-refractivity contribution is -0.142. The number of benzene rings is 1. The Morgan fingerprint density at radius 2 is 1.96 bits per heavy atom. The van der Waals surface area contributed by atoms with Crippen LogP contribution in [0.1, 0.15) is 18.4 Å². The summed E-state index contributed by atoms with van der Waals surface area (Å²) in [6.07, 6.45) is 1.68. The van der Waals surface area contributed by atoms with Gasteiger partial charge in [-0.15, -0.1) is 10.2 Å². The van der Waals surface area contributed by atoms with Gasteiger partial charge >= 0.3 is 5.97 Å². The molecule has 1 saturated heterocycles. The van der Waals surface area contributed by atoms with Crippen molar-refractivity contribution in [3.63, 3.8) is 0 Å². The summed E-state index contributed by atoms with van der Waals surface area (Å²) in [5.74, 6) is 0.101. The van der Waals surface area contributed by atoms with E-state index in [1.54, 1.807) is 0 Å². The lowest BCUT2D eigenvalue weighted by atomic mass is 10.1. The SMILES string of the molecule is CN(C)c1ccc(-c2ccc(CN3CCC[C@H]3C(=O)O)cc2)nn1. The number of hydrogen-bond acceptors (Lipinski definition) is 5. The minimum absolute atomic E-state index is 0.353. The van der Waals surface area contributed by atoms with Crippen LogP contribution in [-0.2, 0) is 11.3 Å². The first kappa shape index (κ1) is 16.4. The second-order valence-corrected chi connectivity index (χ2v) is 6.33. The predicted molar refractivity (Wildman–Crippen MR) is 92.9 cm³/mol. The molecule has 0 unspecified atom stereocenters. The number of hydrogen-bond donors (Lipinski definition) is 1. The van der Waals surface area contributed by atoms with Crippen molar-refractivity contribution in [2.45, 2.75) is 25.4 Å². The summed E-state index contributed by atoms with van der Waals surface area (Å²) in [6, 6.07) is 11.6. The molecule has 1 aliphatic rings. The van der Waals surface area contributed by atoms with E-state index in [2.05, 4.69) is 10.2 Å².